The standard InChI is InChI=1S/C24H51N.C18H39N/c1-3-5-7-9-11-13-15-17-19-21-23-25-24-22-20-18-16-14-12-10-8-6-4-2;1-2-3-4-5-6-7-8-9-10-11-12-13-14-15-16-17-18-19/h25H,3-24H2,1-2H3;2-19H2,1H3. The largest absolute Gasteiger partial charge is 0.330 e. The van der Waals surface area contributed by atoms with Crippen LogP contribution in [0.1, 0.15) is 252 Å². The topological polar surface area (TPSA) is 38.0 Å². The fourth-order valence-electron chi connectivity index (χ4n) is 6.29. The normalized spacial score (nSPS) is 11.2. The zero-order valence-corrected chi connectivity index (χ0v) is 31.7. The van der Waals surface area contributed by atoms with Crippen molar-refractivity contribution in [1.82, 2.24) is 5.32 Å². The first-order valence-corrected chi connectivity index (χ1v) is 21.2. The first-order valence-electron chi connectivity index (χ1n) is 21.2. The second-order valence-electron chi connectivity index (χ2n) is 14.2. The van der Waals surface area contributed by atoms with E-state index in [1.54, 1.807) is 0 Å². The van der Waals surface area contributed by atoms with Gasteiger partial charge in [0.1, 0.15) is 0 Å². The van der Waals surface area contributed by atoms with E-state index in [0.29, 0.717) is 0 Å². The highest BCUT2D eigenvalue weighted by molar-refractivity contribution is 4.53. The van der Waals surface area contributed by atoms with Crippen molar-refractivity contribution < 1.29 is 0 Å². The molecule has 3 N–H and O–H groups in total. The Balaban J connectivity index is 0. The fourth-order valence-corrected chi connectivity index (χ4v) is 6.29. The molecule has 0 saturated heterocycles. The first-order chi connectivity index (χ1) is 21.8. The van der Waals surface area contributed by atoms with Crippen molar-refractivity contribution in [2.24, 2.45) is 5.73 Å². The molecule has 2 heteroatoms. The molecular formula is C42H90N2. The van der Waals surface area contributed by atoms with Gasteiger partial charge in [0.15, 0.2) is 0 Å². The molecule has 0 aliphatic rings. The van der Waals surface area contributed by atoms with Crippen LogP contribution in [0.15, 0.2) is 0 Å². The molecule has 0 aliphatic carbocycles. The second kappa shape index (κ2) is 47.3. The minimum atomic E-state index is 0.873. The minimum Gasteiger partial charge on any atom is -0.330 e. The van der Waals surface area contributed by atoms with Crippen molar-refractivity contribution in [3.63, 3.8) is 0 Å². The Morgan fingerprint density at radius 3 is 0.636 bits per heavy atom. The van der Waals surface area contributed by atoms with Crippen LogP contribution in [-0.2, 0) is 0 Å². The molecule has 2 nitrogen and oxygen atoms in total. The van der Waals surface area contributed by atoms with Gasteiger partial charge in [0.05, 0.1) is 0 Å². The van der Waals surface area contributed by atoms with E-state index >= 15 is 0 Å². The second-order valence-corrected chi connectivity index (χ2v) is 14.2. The zero-order valence-electron chi connectivity index (χ0n) is 31.7. The lowest BCUT2D eigenvalue weighted by Gasteiger charge is -2.05. The highest BCUT2D eigenvalue weighted by Crippen LogP contribution is 2.14. The van der Waals surface area contributed by atoms with Crippen LogP contribution in [0.3, 0.4) is 0 Å². The molecule has 0 heterocycles. The average Bonchev–Trinajstić information content (AvgIpc) is 3.04. The number of nitrogens with two attached hydrogens (primary N) is 1. The maximum atomic E-state index is 5.48. The Hall–Kier alpha value is -0.0800. The van der Waals surface area contributed by atoms with E-state index < -0.39 is 0 Å². The van der Waals surface area contributed by atoms with E-state index in [1.807, 2.05) is 0 Å². The zero-order chi connectivity index (χ0) is 32.3. The maximum Gasteiger partial charge on any atom is -0.00489 e. The van der Waals surface area contributed by atoms with Crippen LogP contribution in [0.25, 0.3) is 0 Å². The van der Waals surface area contributed by atoms with Crippen LogP contribution in [0, 0.1) is 0 Å². The Labute approximate surface area is 282 Å². The van der Waals surface area contributed by atoms with Crippen LogP contribution in [0.2, 0.25) is 0 Å². The summed E-state index contributed by atoms with van der Waals surface area (Å²) in [6.45, 7) is 10.2. The molecule has 0 aliphatic heterocycles. The third-order valence-electron chi connectivity index (χ3n) is 9.47. The molecular weight excluding hydrogens is 532 g/mol. The predicted octanol–water partition coefficient (Wildman–Crippen LogP) is 14.6. The van der Waals surface area contributed by atoms with Gasteiger partial charge in [-0.3, -0.25) is 0 Å². The van der Waals surface area contributed by atoms with E-state index in [0.717, 1.165) is 6.54 Å². The van der Waals surface area contributed by atoms with Crippen LogP contribution < -0.4 is 11.1 Å². The number of nitrogens with one attached hydrogen (secondary N) is 1. The summed E-state index contributed by atoms with van der Waals surface area (Å²) >= 11 is 0. The Kier molecular flexibility index (Phi) is 49.5. The van der Waals surface area contributed by atoms with Gasteiger partial charge in [-0.15, -0.1) is 0 Å². The summed E-state index contributed by atoms with van der Waals surface area (Å²) in [5.41, 5.74) is 5.48. The summed E-state index contributed by atoms with van der Waals surface area (Å²) < 4.78 is 0. The van der Waals surface area contributed by atoms with Gasteiger partial charge in [-0.25, -0.2) is 0 Å². The minimum absolute atomic E-state index is 0.873. The molecule has 0 aromatic heterocycles. The van der Waals surface area contributed by atoms with E-state index in [4.69, 9.17) is 5.73 Å². The van der Waals surface area contributed by atoms with E-state index in [2.05, 4.69) is 26.1 Å². The van der Waals surface area contributed by atoms with Gasteiger partial charge in [-0.2, -0.15) is 0 Å². The maximum absolute atomic E-state index is 5.48. The molecule has 0 bridgehead atoms. The highest BCUT2D eigenvalue weighted by Gasteiger charge is 1.96. The summed E-state index contributed by atoms with van der Waals surface area (Å²) in [6, 6.07) is 0. The fraction of sp³-hybridized carbons (Fsp3) is 1.00. The SMILES string of the molecule is CCCCCCCCCCCCCCCCCCN.CCCCCCCCCCCCNCCCCCCCCCCCC. The molecule has 0 rings (SSSR count). The van der Waals surface area contributed by atoms with Crippen LogP contribution in [0.5, 0.6) is 0 Å². The molecule has 0 radical (unpaired) electrons. The van der Waals surface area contributed by atoms with Gasteiger partial charge >= 0.3 is 0 Å². The van der Waals surface area contributed by atoms with Gasteiger partial charge < -0.3 is 11.1 Å². The smallest absolute Gasteiger partial charge is 0.00489 e. The van der Waals surface area contributed by atoms with Gasteiger partial charge in [0, 0.05) is 0 Å². The molecule has 0 fully saturated rings. The van der Waals surface area contributed by atoms with Crippen molar-refractivity contribution in [2.45, 2.75) is 252 Å². The summed E-state index contributed by atoms with van der Waals surface area (Å²) in [5.74, 6) is 0. The van der Waals surface area contributed by atoms with Crippen molar-refractivity contribution >= 4 is 0 Å². The summed E-state index contributed by atoms with van der Waals surface area (Å²) in [4.78, 5) is 0. The Morgan fingerprint density at radius 1 is 0.250 bits per heavy atom. The number of unbranched alkanes of at least 4 members (excludes halogenated alkanes) is 33. The summed E-state index contributed by atoms with van der Waals surface area (Å²) in [6.07, 6.45) is 51.6. The van der Waals surface area contributed by atoms with E-state index in [-0.39, 0.29) is 0 Å². The van der Waals surface area contributed by atoms with Crippen LogP contribution in [0.4, 0.5) is 0 Å². The average molecular weight is 623 g/mol. The molecule has 0 aromatic rings. The van der Waals surface area contributed by atoms with Crippen molar-refractivity contribution in [1.29, 1.82) is 0 Å². The van der Waals surface area contributed by atoms with E-state index in [1.165, 1.54) is 244 Å². The number of hydrogen-bond donors (Lipinski definition) is 2. The predicted molar refractivity (Wildman–Crippen MR) is 205 cm³/mol. The van der Waals surface area contributed by atoms with Crippen LogP contribution >= 0.6 is 0 Å². The van der Waals surface area contributed by atoms with Gasteiger partial charge in [0.2, 0.25) is 0 Å². The summed E-state index contributed by atoms with van der Waals surface area (Å²) in [5, 5.41) is 3.64. The lowest BCUT2D eigenvalue weighted by molar-refractivity contribution is 0.525. The molecule has 0 amide bonds. The van der Waals surface area contributed by atoms with Gasteiger partial charge in [0.25, 0.3) is 0 Å². The molecule has 44 heavy (non-hydrogen) atoms. The highest BCUT2D eigenvalue weighted by atomic mass is 14.8. The first kappa shape index (κ1) is 46.0. The Morgan fingerprint density at radius 2 is 0.432 bits per heavy atom. The van der Waals surface area contributed by atoms with Crippen molar-refractivity contribution in [2.75, 3.05) is 19.6 Å². The quantitative estimate of drug-likeness (QED) is 0.0672. The molecule has 268 valence electrons. The van der Waals surface area contributed by atoms with Gasteiger partial charge in [-0.1, -0.05) is 233 Å². The van der Waals surface area contributed by atoms with Crippen molar-refractivity contribution in [3.8, 4) is 0 Å². The van der Waals surface area contributed by atoms with Crippen molar-refractivity contribution in [3.05, 3.63) is 0 Å². The molecule has 0 atom stereocenters. The lowest BCUT2D eigenvalue weighted by atomic mass is 10.0. The summed E-state index contributed by atoms with van der Waals surface area (Å²) in [7, 11) is 0. The third-order valence-corrected chi connectivity index (χ3v) is 9.47. The Bertz CT molecular complexity index is 399. The molecule has 0 spiro atoms. The molecule has 0 unspecified atom stereocenters. The van der Waals surface area contributed by atoms with Gasteiger partial charge in [-0.05, 0) is 38.9 Å². The van der Waals surface area contributed by atoms with E-state index in [9.17, 15) is 0 Å². The number of hydrogen-bond acceptors (Lipinski definition) is 2. The van der Waals surface area contributed by atoms with Crippen LogP contribution in [-0.4, -0.2) is 19.6 Å². The lowest BCUT2D eigenvalue weighted by Crippen LogP contribution is -2.16. The molecule has 0 saturated carbocycles. The monoisotopic (exact) mass is 623 g/mol. The number of rotatable bonds is 38. The molecule has 0 aromatic carbocycles. The third kappa shape index (κ3) is 48.8.